The molecule has 1 aliphatic heterocycles. The molecule has 7 unspecified atom stereocenters. The average molecular weight is 806 g/mol. The molecule has 0 spiro atoms. The third-order valence-electron chi connectivity index (χ3n) is 10.9. The van der Waals surface area contributed by atoms with Crippen molar-refractivity contribution in [3.05, 3.63) is 48.6 Å². The molecule has 1 aliphatic rings. The van der Waals surface area contributed by atoms with Gasteiger partial charge in [0.25, 0.3) is 0 Å². The fraction of sp³-hybridized carbons (Fsp3) is 0.812. The van der Waals surface area contributed by atoms with E-state index in [9.17, 15) is 30.3 Å². The SMILES string of the molecule is CCCCC/C=C\C/C=C\CCCCCCCCCC(=O)NC(COC1OC(CO)C(O)C(O)C1O)C(O)/C=C/CC/C=C/CCCCCCCCCCCCC. The van der Waals surface area contributed by atoms with E-state index in [2.05, 4.69) is 55.6 Å². The molecule has 0 aromatic heterocycles. The Labute approximate surface area is 348 Å². The molecule has 0 bridgehead atoms. The minimum Gasteiger partial charge on any atom is -0.394 e. The Morgan fingerprint density at radius 3 is 1.61 bits per heavy atom. The summed E-state index contributed by atoms with van der Waals surface area (Å²) >= 11 is 0. The Morgan fingerprint density at radius 2 is 1.05 bits per heavy atom. The van der Waals surface area contributed by atoms with Gasteiger partial charge in [-0.3, -0.25) is 4.79 Å². The highest BCUT2D eigenvalue weighted by atomic mass is 16.7. The van der Waals surface area contributed by atoms with Crippen LogP contribution in [0.15, 0.2) is 48.6 Å². The summed E-state index contributed by atoms with van der Waals surface area (Å²) in [6, 6.07) is -0.825. The number of unbranched alkanes of at least 4 members (excludes halogenated alkanes) is 22. The van der Waals surface area contributed by atoms with Crippen molar-refractivity contribution in [3.63, 3.8) is 0 Å². The first kappa shape index (κ1) is 53.2. The van der Waals surface area contributed by atoms with Gasteiger partial charge < -0.3 is 40.3 Å². The zero-order valence-corrected chi connectivity index (χ0v) is 36.3. The first-order valence-corrected chi connectivity index (χ1v) is 23.4. The first-order chi connectivity index (χ1) is 27.8. The molecule has 0 aliphatic carbocycles. The molecule has 1 rings (SSSR count). The summed E-state index contributed by atoms with van der Waals surface area (Å²) in [6.45, 7) is 3.72. The van der Waals surface area contributed by atoms with E-state index in [1.165, 1.54) is 116 Å². The summed E-state index contributed by atoms with van der Waals surface area (Å²) in [5.74, 6) is -0.196. The molecule has 6 N–H and O–H groups in total. The van der Waals surface area contributed by atoms with Crippen molar-refractivity contribution in [2.24, 2.45) is 0 Å². The van der Waals surface area contributed by atoms with Crippen LogP contribution in [0.25, 0.3) is 0 Å². The smallest absolute Gasteiger partial charge is 0.220 e. The van der Waals surface area contributed by atoms with Gasteiger partial charge in [-0.15, -0.1) is 0 Å². The van der Waals surface area contributed by atoms with Crippen LogP contribution in [0.5, 0.6) is 0 Å². The molecule has 0 saturated carbocycles. The molecule has 9 nitrogen and oxygen atoms in total. The van der Waals surface area contributed by atoms with Crippen molar-refractivity contribution >= 4 is 5.91 Å². The number of ether oxygens (including phenoxy) is 2. The van der Waals surface area contributed by atoms with Crippen molar-refractivity contribution in [1.82, 2.24) is 5.32 Å². The molecule has 1 heterocycles. The molecular formula is C48H87NO8. The van der Waals surface area contributed by atoms with Crippen LogP contribution in [0.3, 0.4) is 0 Å². The number of aliphatic hydroxyl groups excluding tert-OH is 5. The second kappa shape index (κ2) is 38.4. The van der Waals surface area contributed by atoms with E-state index in [1.54, 1.807) is 6.08 Å². The number of aliphatic hydroxyl groups is 5. The zero-order chi connectivity index (χ0) is 41.6. The fourth-order valence-corrected chi connectivity index (χ4v) is 7.08. The van der Waals surface area contributed by atoms with Crippen LogP contribution in [0, 0.1) is 0 Å². The quantitative estimate of drug-likeness (QED) is 0.0267. The number of allylic oxidation sites excluding steroid dienone is 7. The highest BCUT2D eigenvalue weighted by Gasteiger charge is 2.44. The van der Waals surface area contributed by atoms with E-state index in [1.807, 2.05) is 6.08 Å². The predicted octanol–water partition coefficient (Wildman–Crippen LogP) is 9.84. The topological polar surface area (TPSA) is 149 Å². The van der Waals surface area contributed by atoms with E-state index in [0.717, 1.165) is 57.8 Å². The van der Waals surface area contributed by atoms with Crippen LogP contribution >= 0.6 is 0 Å². The molecule has 1 fully saturated rings. The Kier molecular flexibility index (Phi) is 35.8. The van der Waals surface area contributed by atoms with Gasteiger partial charge in [-0.1, -0.05) is 172 Å². The van der Waals surface area contributed by atoms with Crippen LogP contribution < -0.4 is 5.32 Å². The Balaban J connectivity index is 2.39. The van der Waals surface area contributed by atoms with Crippen LogP contribution in [0.4, 0.5) is 0 Å². The van der Waals surface area contributed by atoms with Gasteiger partial charge in [-0.25, -0.2) is 0 Å². The zero-order valence-electron chi connectivity index (χ0n) is 36.3. The largest absolute Gasteiger partial charge is 0.394 e. The first-order valence-electron chi connectivity index (χ1n) is 23.4. The summed E-state index contributed by atoms with van der Waals surface area (Å²) in [5.41, 5.74) is 0. The van der Waals surface area contributed by atoms with Crippen molar-refractivity contribution in [3.8, 4) is 0 Å². The lowest BCUT2D eigenvalue weighted by Crippen LogP contribution is -2.60. The summed E-state index contributed by atoms with van der Waals surface area (Å²) in [5, 5.41) is 54.2. The third-order valence-corrected chi connectivity index (χ3v) is 10.9. The van der Waals surface area contributed by atoms with E-state index < -0.39 is 49.5 Å². The van der Waals surface area contributed by atoms with E-state index in [-0.39, 0.29) is 12.5 Å². The minimum atomic E-state index is -1.57. The lowest BCUT2D eigenvalue weighted by Gasteiger charge is -2.40. The van der Waals surface area contributed by atoms with Crippen molar-refractivity contribution in [2.75, 3.05) is 13.2 Å². The minimum absolute atomic E-state index is 0.196. The van der Waals surface area contributed by atoms with Gasteiger partial charge in [-0.2, -0.15) is 0 Å². The Bertz CT molecular complexity index is 1030. The number of nitrogens with one attached hydrogen (secondary N) is 1. The van der Waals surface area contributed by atoms with Crippen LogP contribution in [-0.2, 0) is 14.3 Å². The van der Waals surface area contributed by atoms with E-state index >= 15 is 0 Å². The number of hydrogen-bond acceptors (Lipinski definition) is 8. The van der Waals surface area contributed by atoms with Gasteiger partial charge in [0.05, 0.1) is 25.4 Å². The molecular weight excluding hydrogens is 719 g/mol. The number of carbonyl (C=O) groups is 1. The third kappa shape index (κ3) is 29.1. The van der Waals surface area contributed by atoms with Gasteiger partial charge in [0.15, 0.2) is 6.29 Å². The maximum Gasteiger partial charge on any atom is 0.220 e. The van der Waals surface area contributed by atoms with Crippen molar-refractivity contribution in [2.45, 2.75) is 236 Å². The molecule has 9 heteroatoms. The molecule has 0 aromatic rings. The molecule has 332 valence electrons. The maximum absolute atomic E-state index is 13.0. The second-order valence-corrected chi connectivity index (χ2v) is 16.2. The number of hydrogen-bond donors (Lipinski definition) is 6. The molecule has 0 aromatic carbocycles. The van der Waals surface area contributed by atoms with Gasteiger partial charge in [-0.05, 0) is 64.2 Å². The lowest BCUT2D eigenvalue weighted by molar-refractivity contribution is -0.302. The van der Waals surface area contributed by atoms with Crippen molar-refractivity contribution in [1.29, 1.82) is 0 Å². The van der Waals surface area contributed by atoms with Gasteiger partial charge in [0.1, 0.15) is 24.4 Å². The monoisotopic (exact) mass is 806 g/mol. The molecule has 57 heavy (non-hydrogen) atoms. The van der Waals surface area contributed by atoms with Gasteiger partial charge in [0, 0.05) is 6.42 Å². The average Bonchev–Trinajstić information content (AvgIpc) is 3.21. The molecule has 1 saturated heterocycles. The Hall–Kier alpha value is -1.85. The lowest BCUT2D eigenvalue weighted by atomic mass is 9.99. The fourth-order valence-electron chi connectivity index (χ4n) is 7.08. The molecule has 0 radical (unpaired) electrons. The van der Waals surface area contributed by atoms with Crippen molar-refractivity contribution < 1.29 is 39.8 Å². The van der Waals surface area contributed by atoms with Gasteiger partial charge >= 0.3 is 0 Å². The highest BCUT2D eigenvalue weighted by molar-refractivity contribution is 5.76. The predicted molar refractivity (Wildman–Crippen MR) is 235 cm³/mol. The van der Waals surface area contributed by atoms with Crippen LogP contribution in [-0.4, -0.2) is 87.5 Å². The summed E-state index contributed by atoms with van der Waals surface area (Å²) in [7, 11) is 0. The maximum atomic E-state index is 13.0. The summed E-state index contributed by atoms with van der Waals surface area (Å²) in [4.78, 5) is 13.0. The van der Waals surface area contributed by atoms with Gasteiger partial charge in [0.2, 0.25) is 5.91 Å². The number of rotatable bonds is 38. The van der Waals surface area contributed by atoms with Crippen LogP contribution in [0.2, 0.25) is 0 Å². The molecule has 7 atom stereocenters. The standard InChI is InChI=1S/C48H87NO8/c1-3-5-7-9-11-13-15-17-19-21-23-25-27-29-31-33-35-37-42(51)41(40-56-48-47(55)46(54)45(53)43(39-50)57-48)49-44(52)38-36-34-32-30-28-26-24-22-20-18-16-14-12-10-8-6-4-2/h12,14,18,20,27,29,35,37,41-43,45-48,50-51,53-55H,3-11,13,15-17,19,21-26,28,30-34,36,38-40H2,1-2H3,(H,49,52)/b14-12-,20-18-,29-27+,37-35+. The number of carbonyl (C=O) groups excluding carboxylic acids is 1. The summed E-state index contributed by atoms with van der Waals surface area (Å²) < 4.78 is 11.2. The molecule has 1 amide bonds. The summed E-state index contributed by atoms with van der Waals surface area (Å²) in [6.07, 6.45) is 41.5. The Morgan fingerprint density at radius 1 is 0.596 bits per heavy atom. The highest BCUT2D eigenvalue weighted by Crippen LogP contribution is 2.22. The second-order valence-electron chi connectivity index (χ2n) is 16.2. The van der Waals surface area contributed by atoms with E-state index in [4.69, 9.17) is 9.47 Å². The van der Waals surface area contributed by atoms with Crippen LogP contribution in [0.1, 0.15) is 194 Å². The number of amides is 1. The van der Waals surface area contributed by atoms with E-state index in [0.29, 0.717) is 6.42 Å². The normalized spacial score (nSPS) is 21.4.